The molecule has 5 aliphatic rings. The zero-order valence-electron chi connectivity index (χ0n) is 36.3. The Balaban J connectivity index is 0.00000612. The van der Waals surface area contributed by atoms with Crippen LogP contribution in [0.5, 0.6) is 0 Å². The standard InChI is InChI=1S/C48H54N2O13.Ac/c1-28-32(61-43(55)36(51)35(29-14-8-5-9-15-29)49-41(53)30-16-10-6-11-17-30)26-48(58)40(63-42(54)31-18-12-7-13-19-31)38-46(4,21-20-33-47(38,57)27-60-33)39(52)37(34(28)45(48,2)3)62-44(56)50-22-24-59-25-23-50;/h5-19,32-33,35-38,40,51,57-58H,20-27H2,1-4H3,(H,49,53);/t32?,33?,35?,36?,37?,38?,40-,46+,47?,48?;/m0./s1. The molecule has 2 saturated heterocycles. The van der Waals surface area contributed by atoms with Crippen LogP contribution in [-0.4, -0.2) is 125 Å². The molecule has 64 heavy (non-hydrogen) atoms. The van der Waals surface area contributed by atoms with E-state index in [2.05, 4.69) is 5.32 Å². The largest absolute Gasteiger partial charge is 0.456 e. The monoisotopic (exact) mass is 1090 g/mol. The van der Waals surface area contributed by atoms with Gasteiger partial charge in [-0.05, 0) is 60.7 Å². The molecule has 337 valence electrons. The number of morpholine rings is 1. The molecule has 2 amide bonds. The van der Waals surface area contributed by atoms with Crippen LogP contribution in [0.4, 0.5) is 4.79 Å². The minimum absolute atomic E-state index is 0. The smallest absolute Gasteiger partial charge is 0.410 e. The third kappa shape index (κ3) is 8.37. The van der Waals surface area contributed by atoms with Gasteiger partial charge in [0.1, 0.15) is 23.4 Å². The van der Waals surface area contributed by atoms with Gasteiger partial charge in [0.25, 0.3) is 5.91 Å². The summed E-state index contributed by atoms with van der Waals surface area (Å²) < 4.78 is 30.2. The number of rotatable bonds is 9. The number of carbonyl (C=O) groups excluding carboxylic acids is 5. The second-order valence-corrected chi connectivity index (χ2v) is 18.1. The number of nitrogens with zero attached hydrogens (tertiary/aromatic N) is 1. The maximum absolute atomic E-state index is 15.6. The van der Waals surface area contributed by atoms with Gasteiger partial charge in [0, 0.05) is 85.9 Å². The van der Waals surface area contributed by atoms with Gasteiger partial charge in [0.15, 0.2) is 18.0 Å². The van der Waals surface area contributed by atoms with Crippen molar-refractivity contribution in [1.82, 2.24) is 10.2 Å². The van der Waals surface area contributed by atoms with Crippen molar-refractivity contribution in [2.24, 2.45) is 16.7 Å². The van der Waals surface area contributed by atoms with Gasteiger partial charge in [-0.1, -0.05) is 87.5 Å². The molecule has 3 aromatic carbocycles. The Labute approximate surface area is 407 Å². The van der Waals surface area contributed by atoms with Crippen LogP contribution in [0.3, 0.4) is 0 Å². The molecule has 3 aliphatic carbocycles. The van der Waals surface area contributed by atoms with Gasteiger partial charge in [-0.25, -0.2) is 14.4 Å². The van der Waals surface area contributed by atoms with E-state index in [0.717, 1.165) is 0 Å². The molecule has 4 N–H and O–H groups in total. The number of amides is 2. The molecule has 0 spiro atoms. The summed E-state index contributed by atoms with van der Waals surface area (Å²) in [6, 6.07) is 23.5. The first-order chi connectivity index (χ1) is 30.0. The van der Waals surface area contributed by atoms with E-state index in [9.17, 15) is 34.5 Å². The second kappa shape index (κ2) is 18.7. The molecule has 4 fully saturated rings. The summed E-state index contributed by atoms with van der Waals surface area (Å²) in [5.41, 5.74) is -6.00. The van der Waals surface area contributed by atoms with Crippen LogP contribution in [0.25, 0.3) is 0 Å². The van der Waals surface area contributed by atoms with Crippen molar-refractivity contribution in [3.05, 3.63) is 119 Å². The van der Waals surface area contributed by atoms with E-state index in [1.54, 1.807) is 119 Å². The Morgan fingerprint density at radius 1 is 0.844 bits per heavy atom. The average molecular weight is 1090 g/mol. The number of aliphatic hydroxyl groups excluding tert-OH is 1. The van der Waals surface area contributed by atoms with Crippen molar-refractivity contribution in [2.75, 3.05) is 32.9 Å². The molecule has 16 heteroatoms. The van der Waals surface area contributed by atoms with Gasteiger partial charge in [0.2, 0.25) is 0 Å². The molecule has 15 nitrogen and oxygen atoms in total. The van der Waals surface area contributed by atoms with Crippen molar-refractivity contribution in [1.29, 1.82) is 0 Å². The fourth-order valence-electron chi connectivity index (χ4n) is 10.6. The Hall–Kier alpha value is -4.01. The van der Waals surface area contributed by atoms with Crippen molar-refractivity contribution in [3.8, 4) is 0 Å². The minimum atomic E-state index is -2.26. The Morgan fingerprint density at radius 2 is 1.44 bits per heavy atom. The average Bonchev–Trinajstić information content (AvgIpc) is 3.28. The summed E-state index contributed by atoms with van der Waals surface area (Å²) in [6.07, 6.45) is -8.38. The first-order valence-electron chi connectivity index (χ1n) is 21.4. The molecule has 2 heterocycles. The van der Waals surface area contributed by atoms with Gasteiger partial charge in [-0.2, -0.15) is 0 Å². The van der Waals surface area contributed by atoms with Crippen LogP contribution in [-0.2, 0) is 33.3 Å². The van der Waals surface area contributed by atoms with E-state index in [0.29, 0.717) is 5.56 Å². The molecule has 2 aliphatic heterocycles. The van der Waals surface area contributed by atoms with Crippen molar-refractivity contribution in [2.45, 2.75) is 94.7 Å². The van der Waals surface area contributed by atoms with Gasteiger partial charge in [-0.15, -0.1) is 0 Å². The van der Waals surface area contributed by atoms with Crippen LogP contribution in [0, 0.1) is 60.8 Å². The summed E-state index contributed by atoms with van der Waals surface area (Å²) in [5.74, 6) is -4.50. The van der Waals surface area contributed by atoms with Crippen LogP contribution in [0.1, 0.15) is 79.3 Å². The maximum Gasteiger partial charge on any atom is 0.410 e. The van der Waals surface area contributed by atoms with E-state index in [4.69, 9.17) is 23.7 Å². The normalized spacial score (nSPS) is 31.5. The quantitative estimate of drug-likeness (QED) is 0.136. The number of Topliss-reactive ketones (excluding diaryl/α,β-unsaturated/α-hetero) is 1. The van der Waals surface area contributed by atoms with E-state index in [1.165, 1.54) is 4.90 Å². The van der Waals surface area contributed by atoms with Gasteiger partial charge in [-0.3, -0.25) is 9.59 Å². The summed E-state index contributed by atoms with van der Waals surface area (Å²) in [7, 11) is 0. The van der Waals surface area contributed by atoms with Gasteiger partial charge in [0.05, 0.1) is 37.5 Å². The van der Waals surface area contributed by atoms with E-state index in [1.807, 2.05) is 0 Å². The third-order valence-electron chi connectivity index (χ3n) is 14.2. The summed E-state index contributed by atoms with van der Waals surface area (Å²) >= 11 is 0. The number of aliphatic hydroxyl groups is 3. The van der Waals surface area contributed by atoms with E-state index in [-0.39, 0.29) is 112 Å². The maximum atomic E-state index is 15.6. The van der Waals surface area contributed by atoms with Crippen LogP contribution >= 0.6 is 0 Å². The Bertz CT molecular complexity index is 2270. The van der Waals surface area contributed by atoms with Crippen LogP contribution in [0.2, 0.25) is 0 Å². The number of carbonyl (C=O) groups is 5. The number of hydrogen-bond acceptors (Lipinski definition) is 13. The van der Waals surface area contributed by atoms with Crippen LogP contribution < -0.4 is 5.32 Å². The molecule has 0 aromatic heterocycles. The molecule has 10 atom stereocenters. The first-order valence-corrected chi connectivity index (χ1v) is 21.4. The molecule has 3 aromatic rings. The van der Waals surface area contributed by atoms with Crippen molar-refractivity contribution < 1.29 is 107 Å². The zero-order valence-corrected chi connectivity index (χ0v) is 41.1. The molecule has 2 bridgehead atoms. The van der Waals surface area contributed by atoms with E-state index >= 15 is 4.79 Å². The Morgan fingerprint density at radius 3 is 2.03 bits per heavy atom. The SMILES string of the molecule is CC1=C2C(OC(=O)N3CCOCC3)C(=O)[C@]3(C)CCC4OCC4(O)C3[C@H](OC(=O)c3ccccc3)C(O)(CC1OC(=O)C(O)C(NC(=O)c1ccccc1)c1ccccc1)C2(C)C.[Ac]. The van der Waals surface area contributed by atoms with E-state index < -0.39 is 101 Å². The molecule has 8 rings (SSSR count). The van der Waals surface area contributed by atoms with Gasteiger partial charge < -0.3 is 49.2 Å². The fourth-order valence-corrected chi connectivity index (χ4v) is 10.6. The first kappa shape index (κ1) is 47.9. The molecular weight excluding hydrogens is 1040 g/mol. The van der Waals surface area contributed by atoms with Crippen molar-refractivity contribution >= 4 is 29.7 Å². The topological polar surface area (TPSA) is 207 Å². The zero-order chi connectivity index (χ0) is 44.9. The fraction of sp³-hybridized carbons (Fsp3) is 0.479. The number of nitrogens with one attached hydrogen (secondary N) is 1. The molecule has 8 unspecified atom stereocenters. The van der Waals surface area contributed by atoms with Crippen LogP contribution in [0.15, 0.2) is 102 Å². The predicted octanol–water partition coefficient (Wildman–Crippen LogP) is 4.10. The number of hydrogen-bond donors (Lipinski definition) is 4. The molecule has 1 radical (unpaired) electrons. The number of benzene rings is 3. The number of ketones is 1. The molecular formula is C48H54AcN2O13. The number of ether oxygens (including phenoxy) is 5. The van der Waals surface area contributed by atoms with Crippen molar-refractivity contribution in [3.63, 3.8) is 0 Å². The number of esters is 2. The minimum Gasteiger partial charge on any atom is -0.456 e. The molecule has 2 saturated carbocycles. The Kier molecular flexibility index (Phi) is 14.0. The number of fused-ring (bicyclic) bond motifs is 5. The summed E-state index contributed by atoms with van der Waals surface area (Å²) in [4.78, 5) is 73.2. The summed E-state index contributed by atoms with van der Waals surface area (Å²) in [5, 5.41) is 40.9. The predicted molar refractivity (Wildman–Crippen MR) is 224 cm³/mol. The third-order valence-corrected chi connectivity index (χ3v) is 14.2. The summed E-state index contributed by atoms with van der Waals surface area (Å²) in [6.45, 7) is 7.18. The van der Waals surface area contributed by atoms with Gasteiger partial charge >= 0.3 is 18.0 Å². The second-order valence-electron chi connectivity index (χ2n) is 18.1.